The first-order chi connectivity index (χ1) is 8.85. The molecule has 96 valence electrons. The van der Waals surface area contributed by atoms with Crippen LogP contribution in [0.2, 0.25) is 0 Å². The Labute approximate surface area is 106 Å². The highest BCUT2D eigenvalue weighted by Crippen LogP contribution is 2.22. The van der Waals surface area contributed by atoms with Gasteiger partial charge >= 0.3 is 0 Å². The third-order valence-corrected chi connectivity index (χ3v) is 2.56. The Morgan fingerprint density at radius 3 is 2.94 bits per heavy atom. The van der Waals surface area contributed by atoms with Gasteiger partial charge in [-0.1, -0.05) is 23.4 Å². The predicted octanol–water partition coefficient (Wildman–Crippen LogP) is 1.77. The number of aromatic nitrogens is 2. The summed E-state index contributed by atoms with van der Waals surface area (Å²) in [5, 5.41) is 3.89. The van der Waals surface area contributed by atoms with Crippen LogP contribution in [-0.2, 0) is 17.8 Å². The summed E-state index contributed by atoms with van der Waals surface area (Å²) in [7, 11) is 0. The SMILES string of the molecule is CCOCc1noc(-c2ccccc2CCN)n1. The van der Waals surface area contributed by atoms with E-state index < -0.39 is 0 Å². The minimum Gasteiger partial charge on any atom is -0.374 e. The highest BCUT2D eigenvalue weighted by atomic mass is 16.5. The maximum atomic E-state index is 5.59. The molecule has 0 saturated carbocycles. The van der Waals surface area contributed by atoms with Gasteiger partial charge in [0, 0.05) is 12.2 Å². The molecule has 0 aliphatic heterocycles. The Balaban J connectivity index is 2.22. The maximum absolute atomic E-state index is 5.59. The molecule has 0 amide bonds. The lowest BCUT2D eigenvalue weighted by Crippen LogP contribution is -2.03. The molecule has 2 N–H and O–H groups in total. The molecule has 1 aromatic carbocycles. The number of hydrogen-bond acceptors (Lipinski definition) is 5. The fourth-order valence-corrected chi connectivity index (χ4v) is 1.72. The number of nitrogens with zero attached hydrogens (tertiary/aromatic N) is 2. The van der Waals surface area contributed by atoms with E-state index in [-0.39, 0.29) is 0 Å². The van der Waals surface area contributed by atoms with Crippen molar-refractivity contribution in [3.8, 4) is 11.5 Å². The largest absolute Gasteiger partial charge is 0.374 e. The zero-order valence-electron chi connectivity index (χ0n) is 10.4. The van der Waals surface area contributed by atoms with Gasteiger partial charge in [0.05, 0.1) is 0 Å². The van der Waals surface area contributed by atoms with Crippen LogP contribution < -0.4 is 5.73 Å². The molecule has 0 bridgehead atoms. The van der Waals surface area contributed by atoms with Gasteiger partial charge in [-0.15, -0.1) is 0 Å². The van der Waals surface area contributed by atoms with Crippen LogP contribution in [0.4, 0.5) is 0 Å². The van der Waals surface area contributed by atoms with E-state index >= 15 is 0 Å². The van der Waals surface area contributed by atoms with Gasteiger partial charge in [-0.25, -0.2) is 0 Å². The van der Waals surface area contributed by atoms with E-state index in [1.807, 2.05) is 31.2 Å². The van der Waals surface area contributed by atoms with Crippen molar-refractivity contribution in [2.24, 2.45) is 5.73 Å². The zero-order chi connectivity index (χ0) is 12.8. The van der Waals surface area contributed by atoms with Crippen molar-refractivity contribution in [3.05, 3.63) is 35.7 Å². The van der Waals surface area contributed by atoms with Crippen LogP contribution in [0.5, 0.6) is 0 Å². The molecule has 2 rings (SSSR count). The number of ether oxygens (including phenoxy) is 1. The summed E-state index contributed by atoms with van der Waals surface area (Å²) in [5.74, 6) is 1.09. The summed E-state index contributed by atoms with van der Waals surface area (Å²) in [6.45, 7) is 3.53. The van der Waals surface area contributed by atoms with E-state index in [9.17, 15) is 0 Å². The topological polar surface area (TPSA) is 74.2 Å². The van der Waals surface area contributed by atoms with Crippen LogP contribution in [0, 0.1) is 0 Å². The molecule has 0 atom stereocenters. The lowest BCUT2D eigenvalue weighted by atomic mass is 10.0. The Morgan fingerprint density at radius 1 is 1.33 bits per heavy atom. The van der Waals surface area contributed by atoms with Crippen LogP contribution >= 0.6 is 0 Å². The molecule has 0 saturated heterocycles. The number of hydrogen-bond donors (Lipinski definition) is 1. The molecule has 2 aromatic rings. The van der Waals surface area contributed by atoms with Gasteiger partial charge < -0.3 is 15.0 Å². The lowest BCUT2D eigenvalue weighted by Gasteiger charge is -2.03. The Kier molecular flexibility index (Phi) is 4.44. The first kappa shape index (κ1) is 12.7. The molecule has 0 radical (unpaired) electrons. The summed E-state index contributed by atoms with van der Waals surface area (Å²) in [6, 6.07) is 7.91. The van der Waals surface area contributed by atoms with Gasteiger partial charge in [-0.3, -0.25) is 0 Å². The van der Waals surface area contributed by atoms with Crippen LogP contribution in [0.3, 0.4) is 0 Å². The van der Waals surface area contributed by atoms with E-state index in [0.717, 1.165) is 17.5 Å². The zero-order valence-corrected chi connectivity index (χ0v) is 10.4. The van der Waals surface area contributed by atoms with Crippen LogP contribution in [0.15, 0.2) is 28.8 Å². The third-order valence-electron chi connectivity index (χ3n) is 2.56. The molecule has 0 spiro atoms. The molecule has 1 aromatic heterocycles. The van der Waals surface area contributed by atoms with E-state index in [4.69, 9.17) is 15.0 Å². The highest BCUT2D eigenvalue weighted by Gasteiger charge is 2.12. The lowest BCUT2D eigenvalue weighted by molar-refractivity contribution is 0.126. The van der Waals surface area contributed by atoms with Crippen molar-refractivity contribution in [3.63, 3.8) is 0 Å². The molecule has 5 nitrogen and oxygen atoms in total. The monoisotopic (exact) mass is 247 g/mol. The molecule has 1 heterocycles. The summed E-state index contributed by atoms with van der Waals surface area (Å²) < 4.78 is 10.5. The molecule has 0 aliphatic rings. The van der Waals surface area contributed by atoms with Crippen molar-refractivity contribution in [2.45, 2.75) is 20.0 Å². The third kappa shape index (κ3) is 2.94. The van der Waals surface area contributed by atoms with Crippen molar-refractivity contribution in [1.29, 1.82) is 0 Å². The average Bonchev–Trinajstić information content (AvgIpc) is 2.86. The van der Waals surface area contributed by atoms with Crippen molar-refractivity contribution >= 4 is 0 Å². The Hall–Kier alpha value is -1.72. The first-order valence-electron chi connectivity index (χ1n) is 6.03. The molecular formula is C13H17N3O2. The van der Waals surface area contributed by atoms with Crippen molar-refractivity contribution in [2.75, 3.05) is 13.2 Å². The normalized spacial score (nSPS) is 10.8. The summed E-state index contributed by atoms with van der Waals surface area (Å²) in [4.78, 5) is 4.32. The number of benzene rings is 1. The van der Waals surface area contributed by atoms with Crippen LogP contribution in [0.1, 0.15) is 18.3 Å². The fraction of sp³-hybridized carbons (Fsp3) is 0.385. The van der Waals surface area contributed by atoms with Gasteiger partial charge in [-0.05, 0) is 31.5 Å². The molecule has 0 aliphatic carbocycles. The van der Waals surface area contributed by atoms with Gasteiger partial charge in [0.15, 0.2) is 5.82 Å². The van der Waals surface area contributed by atoms with E-state index in [2.05, 4.69) is 10.1 Å². The van der Waals surface area contributed by atoms with E-state index in [1.54, 1.807) is 0 Å². The number of nitrogens with two attached hydrogens (primary N) is 1. The van der Waals surface area contributed by atoms with Gasteiger partial charge in [-0.2, -0.15) is 4.98 Å². The standard InChI is InChI=1S/C13H17N3O2/c1-2-17-9-12-15-13(18-16-12)11-6-4-3-5-10(11)7-8-14/h3-6H,2,7-9,14H2,1H3. The molecule has 18 heavy (non-hydrogen) atoms. The van der Waals surface area contributed by atoms with Crippen LogP contribution in [-0.4, -0.2) is 23.3 Å². The van der Waals surface area contributed by atoms with Gasteiger partial charge in [0.1, 0.15) is 6.61 Å². The minimum absolute atomic E-state index is 0.374. The van der Waals surface area contributed by atoms with Gasteiger partial charge in [0.2, 0.25) is 0 Å². The second-order valence-electron chi connectivity index (χ2n) is 3.85. The second kappa shape index (κ2) is 6.28. The summed E-state index contributed by atoms with van der Waals surface area (Å²) in [6.07, 6.45) is 0.791. The molecular weight excluding hydrogens is 230 g/mol. The predicted molar refractivity (Wildman–Crippen MR) is 67.8 cm³/mol. The van der Waals surface area contributed by atoms with E-state index in [1.165, 1.54) is 0 Å². The Bertz CT molecular complexity index is 496. The van der Waals surface area contributed by atoms with E-state index in [0.29, 0.717) is 31.5 Å². The van der Waals surface area contributed by atoms with Crippen molar-refractivity contribution < 1.29 is 9.26 Å². The smallest absolute Gasteiger partial charge is 0.258 e. The minimum atomic E-state index is 0.374. The first-order valence-corrected chi connectivity index (χ1v) is 6.03. The summed E-state index contributed by atoms with van der Waals surface area (Å²) >= 11 is 0. The molecule has 0 unspecified atom stereocenters. The Morgan fingerprint density at radius 2 is 2.17 bits per heavy atom. The van der Waals surface area contributed by atoms with Crippen LogP contribution in [0.25, 0.3) is 11.5 Å². The maximum Gasteiger partial charge on any atom is 0.258 e. The highest BCUT2D eigenvalue weighted by molar-refractivity contribution is 5.58. The molecule has 5 heteroatoms. The second-order valence-corrected chi connectivity index (χ2v) is 3.85. The molecule has 0 fully saturated rings. The average molecular weight is 247 g/mol. The number of rotatable bonds is 6. The summed E-state index contributed by atoms with van der Waals surface area (Å²) in [5.41, 5.74) is 7.65. The fourth-order valence-electron chi connectivity index (χ4n) is 1.72. The van der Waals surface area contributed by atoms with Gasteiger partial charge in [0.25, 0.3) is 5.89 Å². The van der Waals surface area contributed by atoms with Crippen molar-refractivity contribution in [1.82, 2.24) is 10.1 Å². The quantitative estimate of drug-likeness (QED) is 0.842.